The third kappa shape index (κ3) is 3.13. The summed E-state index contributed by atoms with van der Waals surface area (Å²) in [6.07, 6.45) is 3.32. The van der Waals surface area contributed by atoms with Crippen LogP contribution in [0.3, 0.4) is 0 Å². The molecule has 7 nitrogen and oxygen atoms in total. The van der Waals surface area contributed by atoms with Gasteiger partial charge in [-0.15, -0.1) is 0 Å². The lowest BCUT2D eigenvalue weighted by Crippen LogP contribution is -2.52. The van der Waals surface area contributed by atoms with E-state index in [9.17, 15) is 5.11 Å². The Hall–Kier alpha value is -1.28. The van der Waals surface area contributed by atoms with Crippen LogP contribution in [0.15, 0.2) is 6.33 Å². The number of hydrogen-bond donors (Lipinski definition) is 2. The van der Waals surface area contributed by atoms with Gasteiger partial charge < -0.3 is 20.2 Å². The predicted octanol–water partition coefficient (Wildman–Crippen LogP) is -1.04. The Kier molecular flexibility index (Phi) is 4.67. The minimum Gasteiger partial charge on any atom is -0.390 e. The maximum absolute atomic E-state index is 10.6. The van der Waals surface area contributed by atoms with Crippen LogP contribution in [0.1, 0.15) is 11.3 Å². The van der Waals surface area contributed by atoms with Gasteiger partial charge in [0.05, 0.1) is 17.8 Å². The number of nitrogens with zero attached hydrogens (tertiary/aromatic N) is 5. The van der Waals surface area contributed by atoms with E-state index in [1.54, 1.807) is 6.33 Å². The molecule has 1 aromatic heterocycles. The molecule has 2 fully saturated rings. The molecule has 0 unspecified atom stereocenters. The molecule has 3 aliphatic rings. The minimum absolute atomic E-state index is 0.216. The second kappa shape index (κ2) is 6.92. The number of hydrogen-bond acceptors (Lipinski definition) is 7. The highest BCUT2D eigenvalue weighted by molar-refractivity contribution is 5.51. The fourth-order valence-electron chi connectivity index (χ4n) is 4.18. The van der Waals surface area contributed by atoms with Crippen molar-refractivity contribution in [2.45, 2.75) is 25.0 Å². The lowest BCUT2D eigenvalue weighted by Gasteiger charge is -2.37. The monoisotopic (exact) mass is 332 g/mol. The van der Waals surface area contributed by atoms with Gasteiger partial charge in [0.2, 0.25) is 0 Å². The number of β-amino-alcohol motifs (C(OH)–C–C–N with tert-alkyl or cyclic N) is 1. The van der Waals surface area contributed by atoms with Gasteiger partial charge in [-0.2, -0.15) is 0 Å². The molecule has 7 heteroatoms. The van der Waals surface area contributed by atoms with Crippen molar-refractivity contribution in [1.29, 1.82) is 0 Å². The number of piperazine rings is 1. The second-order valence-electron chi connectivity index (χ2n) is 7.25. The molecular weight excluding hydrogens is 304 g/mol. The van der Waals surface area contributed by atoms with E-state index in [1.165, 1.54) is 11.3 Å². The third-order valence-electron chi connectivity index (χ3n) is 5.67. The Bertz CT molecular complexity index is 574. The van der Waals surface area contributed by atoms with Crippen molar-refractivity contribution in [3.63, 3.8) is 0 Å². The van der Waals surface area contributed by atoms with Gasteiger partial charge in [-0.05, 0) is 20.0 Å². The molecule has 2 N–H and O–H groups in total. The molecule has 2 atom stereocenters. The largest absolute Gasteiger partial charge is 0.390 e. The topological polar surface area (TPSA) is 67.8 Å². The van der Waals surface area contributed by atoms with Gasteiger partial charge in [0.1, 0.15) is 12.1 Å². The first-order valence-electron chi connectivity index (χ1n) is 9.11. The lowest BCUT2D eigenvalue weighted by atomic mass is 10.1. The fourth-order valence-corrected chi connectivity index (χ4v) is 4.18. The molecule has 24 heavy (non-hydrogen) atoms. The van der Waals surface area contributed by atoms with E-state index in [0.29, 0.717) is 6.54 Å². The number of nitrogens with one attached hydrogen (secondary N) is 1. The van der Waals surface area contributed by atoms with Crippen LogP contribution in [0.5, 0.6) is 0 Å². The van der Waals surface area contributed by atoms with E-state index < -0.39 is 0 Å². The Balaban J connectivity index is 1.52. The summed E-state index contributed by atoms with van der Waals surface area (Å²) < 4.78 is 0. The van der Waals surface area contributed by atoms with Crippen molar-refractivity contribution in [2.75, 3.05) is 64.3 Å². The van der Waals surface area contributed by atoms with Crippen LogP contribution < -0.4 is 10.2 Å². The molecule has 0 aromatic carbocycles. The molecular formula is C17H28N6O. The first kappa shape index (κ1) is 16.2. The first-order valence-corrected chi connectivity index (χ1v) is 9.11. The summed E-state index contributed by atoms with van der Waals surface area (Å²) in [6.45, 7) is 7.74. The SMILES string of the molecule is CN1CCN([C@H]2CN(c3ncnc4c3CCNCC4)C[C@@H]2O)CC1. The summed E-state index contributed by atoms with van der Waals surface area (Å²) in [4.78, 5) is 16.2. The Morgan fingerprint density at radius 3 is 2.71 bits per heavy atom. The van der Waals surface area contributed by atoms with E-state index >= 15 is 0 Å². The van der Waals surface area contributed by atoms with E-state index in [-0.39, 0.29) is 12.1 Å². The molecule has 0 spiro atoms. The zero-order valence-electron chi connectivity index (χ0n) is 14.5. The van der Waals surface area contributed by atoms with Crippen LogP contribution in [0.25, 0.3) is 0 Å². The summed E-state index contributed by atoms with van der Waals surface area (Å²) in [5.74, 6) is 1.04. The van der Waals surface area contributed by atoms with Crippen molar-refractivity contribution in [3.05, 3.63) is 17.6 Å². The van der Waals surface area contributed by atoms with Crippen LogP contribution in [0.2, 0.25) is 0 Å². The number of aromatic nitrogens is 2. The average molecular weight is 332 g/mol. The summed E-state index contributed by atoms with van der Waals surface area (Å²) in [6, 6.07) is 0.216. The normalized spacial score (nSPS) is 29.5. The van der Waals surface area contributed by atoms with Crippen LogP contribution in [0.4, 0.5) is 5.82 Å². The van der Waals surface area contributed by atoms with E-state index in [4.69, 9.17) is 0 Å². The van der Waals surface area contributed by atoms with Gasteiger partial charge in [-0.3, -0.25) is 4.90 Å². The molecule has 2 saturated heterocycles. The number of aliphatic hydroxyl groups is 1. The molecule has 132 valence electrons. The maximum Gasteiger partial charge on any atom is 0.135 e. The van der Waals surface area contributed by atoms with Gasteiger partial charge in [-0.25, -0.2) is 9.97 Å². The van der Waals surface area contributed by atoms with Crippen molar-refractivity contribution >= 4 is 5.82 Å². The zero-order valence-corrected chi connectivity index (χ0v) is 14.5. The van der Waals surface area contributed by atoms with E-state index in [0.717, 1.165) is 64.5 Å². The molecule has 4 heterocycles. The van der Waals surface area contributed by atoms with Gasteiger partial charge in [-0.1, -0.05) is 0 Å². The Morgan fingerprint density at radius 1 is 1.08 bits per heavy atom. The number of likely N-dealkylation sites (N-methyl/N-ethyl adjacent to an activating group) is 1. The zero-order chi connectivity index (χ0) is 16.5. The highest BCUT2D eigenvalue weighted by Crippen LogP contribution is 2.27. The van der Waals surface area contributed by atoms with Crippen LogP contribution in [-0.2, 0) is 12.8 Å². The van der Waals surface area contributed by atoms with Crippen molar-refractivity contribution in [2.24, 2.45) is 0 Å². The minimum atomic E-state index is -0.303. The molecule has 4 rings (SSSR count). The van der Waals surface area contributed by atoms with Crippen molar-refractivity contribution < 1.29 is 5.11 Å². The Labute approximate surface area is 143 Å². The predicted molar refractivity (Wildman–Crippen MR) is 93.4 cm³/mol. The van der Waals surface area contributed by atoms with E-state index in [1.807, 2.05) is 0 Å². The van der Waals surface area contributed by atoms with Crippen LogP contribution in [0, 0.1) is 0 Å². The highest BCUT2D eigenvalue weighted by atomic mass is 16.3. The van der Waals surface area contributed by atoms with Gasteiger partial charge in [0.25, 0.3) is 0 Å². The molecule has 0 saturated carbocycles. The quantitative estimate of drug-likeness (QED) is 0.717. The van der Waals surface area contributed by atoms with Crippen LogP contribution >= 0.6 is 0 Å². The van der Waals surface area contributed by atoms with Crippen LogP contribution in [-0.4, -0.2) is 96.4 Å². The molecule has 3 aliphatic heterocycles. The first-order chi connectivity index (χ1) is 11.7. The molecule has 1 aromatic rings. The average Bonchev–Trinajstić information content (AvgIpc) is 2.81. The number of fused-ring (bicyclic) bond motifs is 1. The van der Waals surface area contributed by atoms with Crippen molar-refractivity contribution in [1.82, 2.24) is 25.1 Å². The lowest BCUT2D eigenvalue weighted by molar-refractivity contribution is 0.0512. The van der Waals surface area contributed by atoms with Gasteiger partial charge >= 0.3 is 0 Å². The summed E-state index contributed by atoms with van der Waals surface area (Å²) in [5.41, 5.74) is 2.44. The summed E-state index contributed by atoms with van der Waals surface area (Å²) >= 11 is 0. The molecule has 0 amide bonds. The molecule has 0 aliphatic carbocycles. The number of aliphatic hydroxyl groups excluding tert-OH is 1. The highest BCUT2D eigenvalue weighted by Gasteiger charge is 2.38. The van der Waals surface area contributed by atoms with E-state index in [2.05, 4.69) is 37.0 Å². The standard InChI is InChI=1S/C17H28N6O/c1-21-6-8-22(9-7-21)15-10-23(11-16(15)24)17-13-2-4-18-5-3-14(13)19-12-20-17/h12,15-16,18,24H,2-11H2,1H3/t15-,16-/m0/s1. The third-order valence-corrected chi connectivity index (χ3v) is 5.67. The second-order valence-corrected chi connectivity index (χ2v) is 7.25. The molecule has 0 radical (unpaired) electrons. The van der Waals surface area contributed by atoms with Gasteiger partial charge in [0.15, 0.2) is 0 Å². The fraction of sp³-hybridized carbons (Fsp3) is 0.765. The Morgan fingerprint density at radius 2 is 1.88 bits per heavy atom. The summed E-state index contributed by atoms with van der Waals surface area (Å²) in [7, 11) is 2.17. The smallest absolute Gasteiger partial charge is 0.135 e. The number of rotatable bonds is 2. The number of anilines is 1. The summed E-state index contributed by atoms with van der Waals surface area (Å²) in [5, 5.41) is 14.1. The van der Waals surface area contributed by atoms with Gasteiger partial charge in [0, 0.05) is 57.8 Å². The van der Waals surface area contributed by atoms with Crippen molar-refractivity contribution in [3.8, 4) is 0 Å². The maximum atomic E-state index is 10.6. The molecule has 0 bridgehead atoms.